The predicted octanol–water partition coefficient (Wildman–Crippen LogP) is 5.47. The SMILES string of the molecule is COc1ccc(C(=O)Oc2c(Sc3ccccc3[N+](=O)[O-])c(C)nn2-c2ccccc2)cc1. The molecule has 3 aromatic carbocycles. The second-order valence-corrected chi connectivity index (χ2v) is 7.96. The highest BCUT2D eigenvalue weighted by atomic mass is 32.2. The number of ether oxygens (including phenoxy) is 2. The van der Waals surface area contributed by atoms with E-state index in [0.717, 1.165) is 11.8 Å². The van der Waals surface area contributed by atoms with Gasteiger partial charge in [0.15, 0.2) is 0 Å². The van der Waals surface area contributed by atoms with Crippen molar-refractivity contribution in [2.75, 3.05) is 7.11 Å². The van der Waals surface area contributed by atoms with Gasteiger partial charge in [0.25, 0.3) is 5.69 Å². The number of nitro benzene ring substituents is 1. The topological polar surface area (TPSA) is 96.5 Å². The first-order valence-corrected chi connectivity index (χ1v) is 10.7. The fourth-order valence-corrected chi connectivity index (χ4v) is 4.14. The van der Waals surface area contributed by atoms with Gasteiger partial charge in [-0.15, -0.1) is 0 Å². The molecule has 0 amide bonds. The summed E-state index contributed by atoms with van der Waals surface area (Å²) < 4.78 is 12.5. The highest BCUT2D eigenvalue weighted by Gasteiger charge is 2.25. The van der Waals surface area contributed by atoms with E-state index in [9.17, 15) is 14.9 Å². The van der Waals surface area contributed by atoms with Gasteiger partial charge in [0.05, 0.1) is 38.8 Å². The lowest BCUT2D eigenvalue weighted by Crippen LogP contribution is -2.12. The number of esters is 1. The van der Waals surface area contributed by atoms with Crippen molar-refractivity contribution in [2.24, 2.45) is 0 Å². The van der Waals surface area contributed by atoms with Gasteiger partial charge < -0.3 is 9.47 Å². The summed E-state index contributed by atoms with van der Waals surface area (Å²) in [5, 5.41) is 16.1. The molecule has 1 aromatic heterocycles. The number of aryl methyl sites for hydroxylation is 1. The molecule has 0 N–H and O–H groups in total. The average molecular weight is 461 g/mol. The molecule has 8 nitrogen and oxygen atoms in total. The molecular weight excluding hydrogens is 442 g/mol. The van der Waals surface area contributed by atoms with E-state index in [2.05, 4.69) is 5.10 Å². The molecule has 33 heavy (non-hydrogen) atoms. The van der Waals surface area contributed by atoms with E-state index in [4.69, 9.17) is 9.47 Å². The zero-order valence-corrected chi connectivity index (χ0v) is 18.6. The maximum Gasteiger partial charge on any atom is 0.344 e. The molecule has 0 unspecified atom stereocenters. The van der Waals surface area contributed by atoms with Crippen LogP contribution in [0.2, 0.25) is 0 Å². The molecule has 0 saturated heterocycles. The Morgan fingerprint density at radius 1 is 1.00 bits per heavy atom. The molecule has 9 heteroatoms. The molecule has 1 heterocycles. The van der Waals surface area contributed by atoms with Crippen LogP contribution in [0.4, 0.5) is 5.69 Å². The number of methoxy groups -OCH3 is 1. The van der Waals surface area contributed by atoms with E-state index in [1.165, 1.54) is 10.7 Å². The van der Waals surface area contributed by atoms with E-state index in [0.29, 0.717) is 32.5 Å². The van der Waals surface area contributed by atoms with Crippen LogP contribution in [0, 0.1) is 17.0 Å². The van der Waals surface area contributed by atoms with Crippen molar-refractivity contribution in [3.63, 3.8) is 0 Å². The molecule has 0 spiro atoms. The van der Waals surface area contributed by atoms with Crippen LogP contribution in [-0.4, -0.2) is 27.8 Å². The summed E-state index contributed by atoms with van der Waals surface area (Å²) in [6.45, 7) is 1.77. The Balaban J connectivity index is 1.78. The van der Waals surface area contributed by atoms with Gasteiger partial charge in [-0.05, 0) is 49.4 Å². The smallest absolute Gasteiger partial charge is 0.344 e. The maximum absolute atomic E-state index is 13.0. The molecule has 4 aromatic rings. The minimum atomic E-state index is -0.584. The Labute approximate surface area is 193 Å². The summed E-state index contributed by atoms with van der Waals surface area (Å²) in [6.07, 6.45) is 0. The number of carbonyl (C=O) groups is 1. The fourth-order valence-electron chi connectivity index (χ4n) is 3.12. The largest absolute Gasteiger partial charge is 0.497 e. The maximum atomic E-state index is 13.0. The number of hydrogen-bond donors (Lipinski definition) is 0. The van der Waals surface area contributed by atoms with Crippen LogP contribution in [-0.2, 0) is 0 Å². The molecule has 0 aliphatic heterocycles. The molecule has 0 radical (unpaired) electrons. The Hall–Kier alpha value is -4.11. The van der Waals surface area contributed by atoms with E-state index in [1.54, 1.807) is 56.5 Å². The van der Waals surface area contributed by atoms with Crippen LogP contribution in [0.1, 0.15) is 16.1 Å². The van der Waals surface area contributed by atoms with Gasteiger partial charge in [-0.25, -0.2) is 4.79 Å². The number of hydrogen-bond acceptors (Lipinski definition) is 7. The molecule has 0 bridgehead atoms. The molecule has 0 aliphatic carbocycles. The number of para-hydroxylation sites is 2. The third-order valence-electron chi connectivity index (χ3n) is 4.76. The second-order valence-electron chi connectivity index (χ2n) is 6.91. The number of benzene rings is 3. The minimum absolute atomic E-state index is 0.0400. The third-order valence-corrected chi connectivity index (χ3v) is 5.99. The Bertz CT molecular complexity index is 1300. The standard InChI is InChI=1S/C24H19N3O5S/c1-16-22(33-21-11-7-6-10-20(21)27(29)30)23(26(25-16)18-8-4-3-5-9-18)32-24(28)17-12-14-19(31-2)15-13-17/h3-15H,1-2H3. The van der Waals surface area contributed by atoms with Gasteiger partial charge in [-0.3, -0.25) is 10.1 Å². The highest BCUT2D eigenvalue weighted by molar-refractivity contribution is 7.99. The van der Waals surface area contributed by atoms with Crippen molar-refractivity contribution in [1.82, 2.24) is 9.78 Å². The van der Waals surface area contributed by atoms with Crippen molar-refractivity contribution in [1.29, 1.82) is 0 Å². The molecule has 0 fully saturated rings. The van der Waals surface area contributed by atoms with Crippen LogP contribution in [0.25, 0.3) is 5.69 Å². The first-order chi connectivity index (χ1) is 16.0. The van der Waals surface area contributed by atoms with Gasteiger partial charge in [0.2, 0.25) is 5.88 Å². The van der Waals surface area contributed by atoms with Crippen molar-refractivity contribution in [2.45, 2.75) is 16.7 Å². The second kappa shape index (κ2) is 9.58. The van der Waals surface area contributed by atoms with Crippen LogP contribution >= 0.6 is 11.8 Å². The number of rotatable bonds is 7. The number of carbonyl (C=O) groups excluding carboxylic acids is 1. The lowest BCUT2D eigenvalue weighted by atomic mass is 10.2. The lowest BCUT2D eigenvalue weighted by molar-refractivity contribution is -0.387. The Morgan fingerprint density at radius 3 is 2.33 bits per heavy atom. The van der Waals surface area contributed by atoms with Gasteiger partial charge in [-0.2, -0.15) is 9.78 Å². The zero-order chi connectivity index (χ0) is 23.4. The summed E-state index contributed by atoms with van der Waals surface area (Å²) >= 11 is 1.13. The van der Waals surface area contributed by atoms with Crippen LogP contribution in [0.5, 0.6) is 11.6 Å². The number of nitrogens with zero attached hydrogens (tertiary/aromatic N) is 3. The fraction of sp³-hybridized carbons (Fsp3) is 0.0833. The van der Waals surface area contributed by atoms with Gasteiger partial charge in [0.1, 0.15) is 5.75 Å². The van der Waals surface area contributed by atoms with E-state index in [1.807, 2.05) is 30.3 Å². The van der Waals surface area contributed by atoms with Crippen LogP contribution < -0.4 is 9.47 Å². The molecule has 0 saturated carbocycles. The summed E-state index contributed by atoms with van der Waals surface area (Å²) in [6, 6.07) is 22.2. The Kier molecular flexibility index (Phi) is 6.41. The average Bonchev–Trinajstić information content (AvgIpc) is 3.14. The van der Waals surface area contributed by atoms with Crippen molar-refractivity contribution in [3.05, 3.63) is 100 Å². The van der Waals surface area contributed by atoms with Crippen molar-refractivity contribution < 1.29 is 19.2 Å². The highest BCUT2D eigenvalue weighted by Crippen LogP contribution is 2.42. The molecule has 166 valence electrons. The molecule has 0 atom stereocenters. The van der Waals surface area contributed by atoms with E-state index >= 15 is 0 Å². The minimum Gasteiger partial charge on any atom is -0.497 e. The van der Waals surface area contributed by atoms with Gasteiger partial charge in [0, 0.05) is 6.07 Å². The summed E-state index contributed by atoms with van der Waals surface area (Å²) in [7, 11) is 1.54. The molecular formula is C24H19N3O5S. The van der Waals surface area contributed by atoms with E-state index < -0.39 is 10.9 Å². The summed E-state index contributed by atoms with van der Waals surface area (Å²) in [5.41, 5.74) is 1.55. The van der Waals surface area contributed by atoms with Crippen molar-refractivity contribution in [3.8, 4) is 17.3 Å². The first-order valence-electron chi connectivity index (χ1n) is 9.90. The lowest BCUT2D eigenvalue weighted by Gasteiger charge is -2.10. The predicted molar refractivity (Wildman–Crippen MR) is 123 cm³/mol. The van der Waals surface area contributed by atoms with Crippen LogP contribution in [0.3, 0.4) is 0 Å². The molecule has 0 aliphatic rings. The Morgan fingerprint density at radius 2 is 1.67 bits per heavy atom. The van der Waals surface area contributed by atoms with Gasteiger partial charge >= 0.3 is 5.97 Å². The van der Waals surface area contributed by atoms with Crippen LogP contribution in [0.15, 0.2) is 88.7 Å². The van der Waals surface area contributed by atoms with E-state index in [-0.39, 0.29) is 11.6 Å². The molecule has 4 rings (SSSR count). The van der Waals surface area contributed by atoms with Gasteiger partial charge in [-0.1, -0.05) is 42.1 Å². The third kappa shape index (κ3) is 4.73. The quantitative estimate of drug-likeness (QED) is 0.205. The first kappa shape index (κ1) is 22.1. The summed E-state index contributed by atoms with van der Waals surface area (Å²) in [5.74, 6) is 0.214. The zero-order valence-electron chi connectivity index (χ0n) is 17.8. The summed E-state index contributed by atoms with van der Waals surface area (Å²) in [4.78, 5) is 24.9. The van der Waals surface area contributed by atoms with Crippen molar-refractivity contribution >= 4 is 23.4 Å². The number of aromatic nitrogens is 2. The number of nitro groups is 1. The monoisotopic (exact) mass is 461 g/mol. The normalized spacial score (nSPS) is 10.6.